The maximum Gasteiger partial charge on any atom is 0.0810 e. The van der Waals surface area contributed by atoms with Crippen LogP contribution in [-0.4, -0.2) is 53.8 Å². The Labute approximate surface area is 125 Å². The monoisotopic (exact) mass is 303 g/mol. The van der Waals surface area contributed by atoms with Crippen molar-refractivity contribution in [2.75, 3.05) is 53.8 Å². The van der Waals surface area contributed by atoms with Gasteiger partial charge in [-0.2, -0.15) is 0 Å². The average molecular weight is 303 g/mol. The van der Waals surface area contributed by atoms with Crippen LogP contribution in [0.2, 0.25) is 0 Å². The van der Waals surface area contributed by atoms with Gasteiger partial charge in [-0.05, 0) is 19.2 Å². The van der Waals surface area contributed by atoms with E-state index in [1.807, 2.05) is 7.05 Å². The largest absolute Gasteiger partial charge is 0.382 e. The van der Waals surface area contributed by atoms with Gasteiger partial charge in [0.15, 0.2) is 0 Å². The predicted octanol–water partition coefficient (Wildman–Crippen LogP) is 1.66. The molecule has 0 aliphatic rings. The van der Waals surface area contributed by atoms with Gasteiger partial charge >= 0.3 is 0 Å². The highest BCUT2D eigenvalue weighted by Gasteiger charge is 1.99. The summed E-state index contributed by atoms with van der Waals surface area (Å²) in [5.74, 6) is 0. The number of hydrogen-bond donors (Lipinski definition) is 1. The first-order valence-corrected chi connectivity index (χ1v) is 7.63. The number of methoxy groups -OCH3 is 1. The summed E-state index contributed by atoms with van der Waals surface area (Å²) >= 11 is 1.78. The molecule has 0 aromatic carbocycles. The molecule has 1 heterocycles. The summed E-state index contributed by atoms with van der Waals surface area (Å²) in [5.41, 5.74) is 0. The second-order valence-electron chi connectivity index (χ2n) is 4.17. The molecule has 6 heteroatoms. The number of nitrogens with one attached hydrogen (secondary N) is 1. The second kappa shape index (κ2) is 12.3. The Balaban J connectivity index is 1.89. The van der Waals surface area contributed by atoms with Crippen LogP contribution in [0.15, 0.2) is 12.1 Å². The molecule has 20 heavy (non-hydrogen) atoms. The van der Waals surface area contributed by atoms with Crippen molar-refractivity contribution >= 4 is 11.3 Å². The maximum absolute atomic E-state index is 5.56. The van der Waals surface area contributed by atoms with E-state index < -0.39 is 0 Å². The highest BCUT2D eigenvalue weighted by molar-refractivity contribution is 7.11. The lowest BCUT2D eigenvalue weighted by molar-refractivity contribution is 0.00120. The van der Waals surface area contributed by atoms with Crippen molar-refractivity contribution in [1.82, 2.24) is 5.32 Å². The van der Waals surface area contributed by atoms with Gasteiger partial charge in [0.1, 0.15) is 0 Å². The zero-order chi connectivity index (χ0) is 14.5. The van der Waals surface area contributed by atoms with Gasteiger partial charge in [-0.25, -0.2) is 0 Å². The van der Waals surface area contributed by atoms with Crippen molar-refractivity contribution in [3.63, 3.8) is 0 Å². The SMILES string of the molecule is CNCc1ccc(COCCOCCOCCOC)s1. The molecule has 1 rings (SSSR count). The molecule has 0 saturated carbocycles. The van der Waals surface area contributed by atoms with Crippen molar-refractivity contribution in [3.8, 4) is 0 Å². The summed E-state index contributed by atoms with van der Waals surface area (Å²) in [6.45, 7) is 5.21. The smallest absolute Gasteiger partial charge is 0.0810 e. The Morgan fingerprint density at radius 3 is 2.15 bits per heavy atom. The molecule has 0 atom stereocenters. The molecule has 5 nitrogen and oxygen atoms in total. The number of thiophene rings is 1. The quantitative estimate of drug-likeness (QED) is 0.562. The van der Waals surface area contributed by atoms with Crippen LogP contribution in [0, 0.1) is 0 Å². The standard InChI is InChI=1S/C14H25NO4S/c1-15-11-13-3-4-14(20-13)12-19-10-9-18-8-7-17-6-5-16-2/h3-4,15H,5-12H2,1-2H3. The van der Waals surface area contributed by atoms with Crippen LogP contribution < -0.4 is 5.32 Å². The highest BCUT2D eigenvalue weighted by atomic mass is 32.1. The van der Waals surface area contributed by atoms with Crippen LogP contribution in [0.1, 0.15) is 9.75 Å². The highest BCUT2D eigenvalue weighted by Crippen LogP contribution is 2.16. The van der Waals surface area contributed by atoms with Gasteiger partial charge in [0, 0.05) is 23.4 Å². The molecular weight excluding hydrogens is 278 g/mol. The molecule has 1 aromatic heterocycles. The first-order valence-electron chi connectivity index (χ1n) is 6.81. The summed E-state index contributed by atoms with van der Waals surface area (Å²) in [5, 5.41) is 3.14. The lowest BCUT2D eigenvalue weighted by atomic mass is 10.4. The van der Waals surface area contributed by atoms with Gasteiger partial charge < -0.3 is 24.3 Å². The van der Waals surface area contributed by atoms with Crippen molar-refractivity contribution in [3.05, 3.63) is 21.9 Å². The first kappa shape index (κ1) is 17.6. The van der Waals surface area contributed by atoms with Crippen LogP contribution in [0.25, 0.3) is 0 Å². The van der Waals surface area contributed by atoms with E-state index in [2.05, 4.69) is 17.4 Å². The molecule has 0 fully saturated rings. The molecule has 0 spiro atoms. The molecule has 116 valence electrons. The van der Waals surface area contributed by atoms with Crippen molar-refractivity contribution < 1.29 is 18.9 Å². The third-order valence-corrected chi connectivity index (χ3v) is 3.55. The van der Waals surface area contributed by atoms with E-state index in [4.69, 9.17) is 18.9 Å². The Hall–Kier alpha value is -0.500. The fourth-order valence-corrected chi connectivity index (χ4v) is 2.49. The molecule has 0 unspecified atom stereocenters. The number of hydrogen-bond acceptors (Lipinski definition) is 6. The molecule has 0 saturated heterocycles. The Morgan fingerprint density at radius 1 is 0.900 bits per heavy atom. The lowest BCUT2D eigenvalue weighted by Gasteiger charge is -2.06. The zero-order valence-electron chi connectivity index (χ0n) is 12.4. The van der Waals surface area contributed by atoms with E-state index in [9.17, 15) is 0 Å². The number of ether oxygens (including phenoxy) is 4. The molecule has 0 bridgehead atoms. The van der Waals surface area contributed by atoms with Crippen LogP contribution in [0.3, 0.4) is 0 Å². The molecule has 0 aliphatic carbocycles. The Morgan fingerprint density at radius 2 is 1.50 bits per heavy atom. The van der Waals surface area contributed by atoms with Gasteiger partial charge in [-0.15, -0.1) is 11.3 Å². The molecule has 0 aliphatic heterocycles. The van der Waals surface area contributed by atoms with E-state index in [-0.39, 0.29) is 0 Å². The maximum atomic E-state index is 5.56. The minimum absolute atomic E-state index is 0.596. The molecule has 0 radical (unpaired) electrons. The van der Waals surface area contributed by atoms with Crippen molar-refractivity contribution in [1.29, 1.82) is 0 Å². The first-order chi connectivity index (χ1) is 9.86. The number of rotatable bonds is 13. The Bertz CT molecular complexity index is 333. The summed E-state index contributed by atoms with van der Waals surface area (Å²) in [7, 11) is 3.61. The van der Waals surface area contributed by atoms with Crippen LogP contribution in [-0.2, 0) is 32.1 Å². The third kappa shape index (κ3) is 8.63. The fourth-order valence-electron chi connectivity index (χ4n) is 1.52. The minimum Gasteiger partial charge on any atom is -0.382 e. The molecule has 1 aromatic rings. The van der Waals surface area contributed by atoms with Gasteiger partial charge in [0.05, 0.1) is 46.2 Å². The predicted molar refractivity (Wildman–Crippen MR) is 80.3 cm³/mol. The van der Waals surface area contributed by atoms with E-state index in [1.165, 1.54) is 9.75 Å². The topological polar surface area (TPSA) is 49.0 Å². The van der Waals surface area contributed by atoms with Crippen LogP contribution in [0.4, 0.5) is 0 Å². The molecule has 1 N–H and O–H groups in total. The lowest BCUT2D eigenvalue weighted by Crippen LogP contribution is -2.11. The van der Waals surface area contributed by atoms with Crippen molar-refractivity contribution in [2.45, 2.75) is 13.2 Å². The fraction of sp³-hybridized carbons (Fsp3) is 0.714. The van der Waals surface area contributed by atoms with E-state index in [0.29, 0.717) is 46.2 Å². The average Bonchev–Trinajstić information content (AvgIpc) is 2.89. The summed E-state index contributed by atoms with van der Waals surface area (Å²) in [6, 6.07) is 4.25. The van der Waals surface area contributed by atoms with Gasteiger partial charge in [-0.3, -0.25) is 0 Å². The summed E-state index contributed by atoms with van der Waals surface area (Å²) in [6.07, 6.45) is 0. The Kier molecular flexibility index (Phi) is 10.8. The van der Waals surface area contributed by atoms with Gasteiger partial charge in [-0.1, -0.05) is 0 Å². The molecule has 0 amide bonds. The normalized spacial score (nSPS) is 11.1. The minimum atomic E-state index is 0.596. The summed E-state index contributed by atoms with van der Waals surface area (Å²) in [4.78, 5) is 2.58. The van der Waals surface area contributed by atoms with E-state index in [1.54, 1.807) is 18.4 Å². The van der Waals surface area contributed by atoms with E-state index in [0.717, 1.165) is 6.54 Å². The third-order valence-electron chi connectivity index (χ3n) is 2.49. The van der Waals surface area contributed by atoms with Gasteiger partial charge in [0.2, 0.25) is 0 Å². The molecular formula is C14H25NO4S. The van der Waals surface area contributed by atoms with Gasteiger partial charge in [0.25, 0.3) is 0 Å². The van der Waals surface area contributed by atoms with Crippen LogP contribution in [0.5, 0.6) is 0 Å². The zero-order valence-corrected chi connectivity index (χ0v) is 13.2. The second-order valence-corrected chi connectivity index (χ2v) is 5.42. The van der Waals surface area contributed by atoms with Crippen molar-refractivity contribution in [2.24, 2.45) is 0 Å². The summed E-state index contributed by atoms with van der Waals surface area (Å²) < 4.78 is 21.1. The van der Waals surface area contributed by atoms with Crippen LogP contribution >= 0.6 is 11.3 Å². The van der Waals surface area contributed by atoms with E-state index >= 15 is 0 Å².